The second kappa shape index (κ2) is 5.23. The summed E-state index contributed by atoms with van der Waals surface area (Å²) in [6, 6.07) is 3.20. The molecule has 1 atom stereocenters. The van der Waals surface area contributed by atoms with Crippen molar-refractivity contribution in [1.29, 1.82) is 0 Å². The first kappa shape index (κ1) is 13.6. The van der Waals surface area contributed by atoms with Crippen molar-refractivity contribution in [3.05, 3.63) is 35.4 Å². The molecule has 17 heavy (non-hydrogen) atoms. The van der Waals surface area contributed by atoms with Crippen molar-refractivity contribution in [2.75, 3.05) is 6.54 Å². The van der Waals surface area contributed by atoms with E-state index in [1.54, 1.807) is 6.92 Å². The minimum absolute atomic E-state index is 0.0594. The van der Waals surface area contributed by atoms with E-state index in [9.17, 15) is 18.7 Å². The summed E-state index contributed by atoms with van der Waals surface area (Å²) in [6.07, 6.45) is 0.424. The summed E-state index contributed by atoms with van der Waals surface area (Å²) in [5.74, 6) is -2.70. The maximum absolute atomic E-state index is 13.2. The Balaban J connectivity index is 2.78. The first-order valence-corrected chi connectivity index (χ1v) is 5.32. The fraction of sp³-hybridized carbons (Fsp3) is 0.417. The number of benzene rings is 1. The molecule has 0 bridgehead atoms. The normalized spacial score (nSPS) is 14.2. The second-order valence-corrected chi connectivity index (χ2v) is 4.13. The number of carbonyl (C=O) groups is 1. The highest BCUT2D eigenvalue weighted by atomic mass is 19.1. The van der Waals surface area contributed by atoms with E-state index in [-0.39, 0.29) is 6.54 Å². The van der Waals surface area contributed by atoms with Crippen LogP contribution in [0.5, 0.6) is 0 Å². The van der Waals surface area contributed by atoms with Gasteiger partial charge in [0.15, 0.2) is 0 Å². The van der Waals surface area contributed by atoms with Crippen molar-refractivity contribution in [2.45, 2.75) is 25.9 Å². The number of nitrogens with one attached hydrogen (secondary N) is 1. The van der Waals surface area contributed by atoms with E-state index in [0.717, 1.165) is 12.1 Å². The van der Waals surface area contributed by atoms with Gasteiger partial charge in [0.05, 0.1) is 5.60 Å². The Morgan fingerprint density at radius 2 is 1.94 bits per heavy atom. The first-order valence-electron chi connectivity index (χ1n) is 5.32. The van der Waals surface area contributed by atoms with Gasteiger partial charge in [0.1, 0.15) is 17.2 Å². The molecule has 0 aliphatic rings. The molecule has 1 unspecified atom stereocenters. The molecule has 0 aliphatic carbocycles. The van der Waals surface area contributed by atoms with Crippen molar-refractivity contribution >= 4 is 5.91 Å². The minimum Gasteiger partial charge on any atom is -0.388 e. The predicted octanol–water partition coefficient (Wildman–Crippen LogP) is 1.86. The van der Waals surface area contributed by atoms with Gasteiger partial charge in [-0.25, -0.2) is 8.78 Å². The number of hydrogen-bond acceptors (Lipinski definition) is 2. The van der Waals surface area contributed by atoms with Crippen molar-refractivity contribution in [3.63, 3.8) is 0 Å². The lowest BCUT2D eigenvalue weighted by molar-refractivity contribution is 0.0516. The highest BCUT2D eigenvalue weighted by Crippen LogP contribution is 2.12. The molecule has 0 heterocycles. The Kier molecular flexibility index (Phi) is 4.17. The van der Waals surface area contributed by atoms with Gasteiger partial charge in [0, 0.05) is 6.54 Å². The SMILES string of the molecule is CCC(C)(O)CNC(=O)c1c(F)cccc1F. The summed E-state index contributed by atoms with van der Waals surface area (Å²) in [4.78, 5) is 11.5. The van der Waals surface area contributed by atoms with Crippen LogP contribution in [0.4, 0.5) is 8.78 Å². The Morgan fingerprint density at radius 3 is 2.41 bits per heavy atom. The molecule has 1 rings (SSSR count). The third-order valence-corrected chi connectivity index (χ3v) is 2.58. The molecular formula is C12H15F2NO2. The third-order valence-electron chi connectivity index (χ3n) is 2.58. The zero-order valence-electron chi connectivity index (χ0n) is 9.76. The summed E-state index contributed by atoms with van der Waals surface area (Å²) in [5, 5.41) is 12.0. The van der Waals surface area contributed by atoms with Crippen LogP contribution >= 0.6 is 0 Å². The van der Waals surface area contributed by atoms with Crippen molar-refractivity contribution in [2.24, 2.45) is 0 Å². The lowest BCUT2D eigenvalue weighted by Crippen LogP contribution is -2.40. The molecule has 0 aliphatic heterocycles. The summed E-state index contributed by atoms with van der Waals surface area (Å²) >= 11 is 0. The smallest absolute Gasteiger partial charge is 0.257 e. The van der Waals surface area contributed by atoms with Crippen molar-refractivity contribution < 1.29 is 18.7 Å². The van der Waals surface area contributed by atoms with Gasteiger partial charge in [0.2, 0.25) is 0 Å². The Labute approximate surface area is 98.5 Å². The summed E-state index contributed by atoms with van der Waals surface area (Å²) in [6.45, 7) is 3.22. The van der Waals surface area contributed by atoms with E-state index in [4.69, 9.17) is 0 Å². The molecule has 5 heteroatoms. The fourth-order valence-electron chi connectivity index (χ4n) is 1.20. The largest absolute Gasteiger partial charge is 0.388 e. The molecule has 0 fully saturated rings. The van der Waals surface area contributed by atoms with Gasteiger partial charge in [-0.15, -0.1) is 0 Å². The highest BCUT2D eigenvalue weighted by molar-refractivity contribution is 5.94. The molecule has 0 spiro atoms. The zero-order chi connectivity index (χ0) is 13.1. The molecule has 3 nitrogen and oxygen atoms in total. The number of amides is 1. The predicted molar refractivity (Wildman–Crippen MR) is 59.6 cm³/mol. The first-order chi connectivity index (χ1) is 7.87. The zero-order valence-corrected chi connectivity index (χ0v) is 9.76. The van der Waals surface area contributed by atoms with Crippen LogP contribution in [0.2, 0.25) is 0 Å². The van der Waals surface area contributed by atoms with Crippen LogP contribution in [-0.4, -0.2) is 23.2 Å². The number of hydrogen-bond donors (Lipinski definition) is 2. The maximum Gasteiger partial charge on any atom is 0.257 e. The molecule has 0 saturated carbocycles. The van der Waals surface area contributed by atoms with Crippen LogP contribution in [0.25, 0.3) is 0 Å². The van der Waals surface area contributed by atoms with Gasteiger partial charge in [-0.3, -0.25) is 4.79 Å². The number of carbonyl (C=O) groups excluding carboxylic acids is 1. The van der Waals surface area contributed by atoms with Gasteiger partial charge in [-0.2, -0.15) is 0 Å². The lowest BCUT2D eigenvalue weighted by Gasteiger charge is -2.21. The van der Waals surface area contributed by atoms with E-state index >= 15 is 0 Å². The van der Waals surface area contributed by atoms with Crippen LogP contribution in [0.15, 0.2) is 18.2 Å². The number of rotatable bonds is 4. The maximum atomic E-state index is 13.2. The lowest BCUT2D eigenvalue weighted by atomic mass is 10.0. The fourth-order valence-corrected chi connectivity index (χ4v) is 1.20. The monoisotopic (exact) mass is 243 g/mol. The van der Waals surface area contributed by atoms with E-state index in [1.165, 1.54) is 13.0 Å². The standard InChI is InChI=1S/C12H15F2NO2/c1-3-12(2,17)7-15-11(16)10-8(13)5-4-6-9(10)14/h4-6,17H,3,7H2,1-2H3,(H,15,16). The third kappa shape index (κ3) is 3.49. The van der Waals surface area contributed by atoms with Crippen LogP contribution < -0.4 is 5.32 Å². The van der Waals surface area contributed by atoms with E-state index in [0.29, 0.717) is 6.42 Å². The Bertz CT molecular complexity index is 399. The summed E-state index contributed by atoms with van der Waals surface area (Å²) < 4.78 is 26.5. The van der Waals surface area contributed by atoms with Gasteiger partial charge >= 0.3 is 0 Å². The molecule has 0 radical (unpaired) electrons. The molecule has 94 valence electrons. The average Bonchev–Trinajstić information content (AvgIpc) is 2.26. The average molecular weight is 243 g/mol. The molecule has 1 aromatic rings. The topological polar surface area (TPSA) is 49.3 Å². The van der Waals surface area contributed by atoms with Gasteiger partial charge < -0.3 is 10.4 Å². The van der Waals surface area contributed by atoms with Gasteiger partial charge in [-0.1, -0.05) is 13.0 Å². The van der Waals surface area contributed by atoms with Crippen LogP contribution in [0, 0.1) is 11.6 Å². The Morgan fingerprint density at radius 1 is 1.41 bits per heavy atom. The van der Waals surface area contributed by atoms with Crippen molar-refractivity contribution in [3.8, 4) is 0 Å². The van der Waals surface area contributed by atoms with Crippen molar-refractivity contribution in [1.82, 2.24) is 5.32 Å². The van der Waals surface area contributed by atoms with Crippen LogP contribution in [0.1, 0.15) is 30.6 Å². The quantitative estimate of drug-likeness (QED) is 0.848. The van der Waals surface area contributed by atoms with Crippen LogP contribution in [-0.2, 0) is 0 Å². The molecule has 1 aromatic carbocycles. The summed E-state index contributed by atoms with van der Waals surface area (Å²) in [5.41, 5.74) is -1.71. The molecule has 0 saturated heterocycles. The van der Waals surface area contributed by atoms with E-state index in [1.807, 2.05) is 0 Å². The molecule has 2 N–H and O–H groups in total. The Hall–Kier alpha value is -1.49. The highest BCUT2D eigenvalue weighted by Gasteiger charge is 2.21. The number of halogens is 2. The van der Waals surface area contributed by atoms with Gasteiger partial charge in [-0.05, 0) is 25.5 Å². The molecular weight excluding hydrogens is 228 g/mol. The summed E-state index contributed by atoms with van der Waals surface area (Å²) in [7, 11) is 0. The van der Waals surface area contributed by atoms with Gasteiger partial charge in [0.25, 0.3) is 5.91 Å². The van der Waals surface area contributed by atoms with Crippen LogP contribution in [0.3, 0.4) is 0 Å². The van der Waals surface area contributed by atoms with E-state index < -0.39 is 28.7 Å². The molecule has 0 aromatic heterocycles. The number of aliphatic hydroxyl groups is 1. The molecule has 1 amide bonds. The minimum atomic E-state index is -1.09. The second-order valence-electron chi connectivity index (χ2n) is 4.13. The van der Waals surface area contributed by atoms with E-state index in [2.05, 4.69) is 5.32 Å².